The zero-order valence-corrected chi connectivity index (χ0v) is 17.2. The second-order valence-corrected chi connectivity index (χ2v) is 7.95. The van der Waals surface area contributed by atoms with Gasteiger partial charge in [-0.15, -0.1) is 12.4 Å². The van der Waals surface area contributed by atoms with Crippen LogP contribution < -0.4 is 15.8 Å². The molecule has 0 radical (unpaired) electrons. The number of likely N-dealkylation sites (tertiary alicyclic amines) is 1. The topological polar surface area (TPSA) is 53.4 Å². The number of rotatable bonds is 5. The summed E-state index contributed by atoms with van der Waals surface area (Å²) in [5.41, 5.74) is 0.928. The molecular formula is C19H34ClN5O. The van der Waals surface area contributed by atoms with E-state index in [0.717, 1.165) is 50.6 Å². The molecule has 0 spiro atoms. The standard InChI is InChI=1S/C19H33N5O.ClH/c1-15(2)22(3)18-11-19(25)24(21-12-18)17-5-4-10-23(14-17)13-16-6-8-20-9-7-16;/h11-12,15-17,20H,4-10,13-14H2,1-3H3;1H. The van der Waals surface area contributed by atoms with Crippen LogP contribution in [0.2, 0.25) is 0 Å². The number of nitrogens with one attached hydrogen (secondary N) is 1. The first-order valence-corrected chi connectivity index (χ1v) is 9.79. The van der Waals surface area contributed by atoms with E-state index in [2.05, 4.69) is 34.1 Å². The van der Waals surface area contributed by atoms with Crippen LogP contribution in [0.1, 0.15) is 45.6 Å². The number of halogens is 1. The maximum atomic E-state index is 12.6. The highest BCUT2D eigenvalue weighted by atomic mass is 35.5. The molecule has 1 atom stereocenters. The SMILES string of the molecule is CC(C)N(C)c1cnn(C2CCCN(CC3CCNCC3)C2)c(=O)c1.Cl. The average molecular weight is 384 g/mol. The van der Waals surface area contributed by atoms with Crippen LogP contribution in [-0.4, -0.2) is 60.5 Å². The maximum absolute atomic E-state index is 12.6. The molecule has 26 heavy (non-hydrogen) atoms. The predicted molar refractivity (Wildman–Crippen MR) is 110 cm³/mol. The molecule has 2 fully saturated rings. The third-order valence-electron chi connectivity index (χ3n) is 5.80. The van der Waals surface area contributed by atoms with Gasteiger partial charge in [0.25, 0.3) is 5.56 Å². The second-order valence-electron chi connectivity index (χ2n) is 7.95. The van der Waals surface area contributed by atoms with Crippen LogP contribution in [0.25, 0.3) is 0 Å². The van der Waals surface area contributed by atoms with E-state index in [9.17, 15) is 4.79 Å². The molecule has 0 aliphatic carbocycles. The first-order chi connectivity index (χ1) is 12.0. The Morgan fingerprint density at radius 3 is 2.69 bits per heavy atom. The highest BCUT2D eigenvalue weighted by molar-refractivity contribution is 5.85. The van der Waals surface area contributed by atoms with Crippen LogP contribution in [0.5, 0.6) is 0 Å². The molecular weight excluding hydrogens is 350 g/mol. The molecule has 7 heteroatoms. The zero-order chi connectivity index (χ0) is 17.8. The van der Waals surface area contributed by atoms with Crippen molar-refractivity contribution in [3.63, 3.8) is 0 Å². The van der Waals surface area contributed by atoms with Crippen molar-refractivity contribution in [3.05, 3.63) is 22.6 Å². The molecule has 1 aromatic rings. The highest BCUT2D eigenvalue weighted by Gasteiger charge is 2.25. The van der Waals surface area contributed by atoms with Gasteiger partial charge in [-0.3, -0.25) is 4.79 Å². The minimum Gasteiger partial charge on any atom is -0.371 e. The summed E-state index contributed by atoms with van der Waals surface area (Å²) >= 11 is 0. The van der Waals surface area contributed by atoms with Crippen molar-refractivity contribution in [1.82, 2.24) is 20.0 Å². The fraction of sp³-hybridized carbons (Fsp3) is 0.789. The number of hydrogen-bond donors (Lipinski definition) is 1. The smallest absolute Gasteiger partial charge is 0.269 e. The summed E-state index contributed by atoms with van der Waals surface area (Å²) < 4.78 is 1.71. The lowest BCUT2D eigenvalue weighted by atomic mass is 9.96. The maximum Gasteiger partial charge on any atom is 0.269 e. The molecule has 3 rings (SSSR count). The summed E-state index contributed by atoms with van der Waals surface area (Å²) in [6.45, 7) is 9.80. The van der Waals surface area contributed by atoms with E-state index in [1.165, 1.54) is 19.4 Å². The summed E-state index contributed by atoms with van der Waals surface area (Å²) in [7, 11) is 2.01. The fourth-order valence-electron chi connectivity index (χ4n) is 4.00. The monoisotopic (exact) mass is 383 g/mol. The molecule has 3 heterocycles. The molecule has 1 unspecified atom stereocenters. The van der Waals surface area contributed by atoms with Gasteiger partial charge in [0.05, 0.1) is 17.9 Å². The molecule has 1 aromatic heterocycles. The van der Waals surface area contributed by atoms with Gasteiger partial charge in [0.2, 0.25) is 0 Å². The van der Waals surface area contributed by atoms with Gasteiger partial charge in [0.1, 0.15) is 0 Å². The molecule has 2 aliphatic rings. The summed E-state index contributed by atoms with van der Waals surface area (Å²) in [6, 6.07) is 2.30. The van der Waals surface area contributed by atoms with Gasteiger partial charge in [0, 0.05) is 32.2 Å². The second kappa shape index (κ2) is 9.72. The van der Waals surface area contributed by atoms with Crippen LogP contribution in [-0.2, 0) is 0 Å². The lowest BCUT2D eigenvalue weighted by Crippen LogP contribution is -2.44. The summed E-state index contributed by atoms with van der Waals surface area (Å²) in [5.74, 6) is 0.798. The van der Waals surface area contributed by atoms with Crippen LogP contribution in [0.15, 0.2) is 17.1 Å². The molecule has 0 amide bonds. The number of anilines is 1. The van der Waals surface area contributed by atoms with Crippen molar-refractivity contribution in [1.29, 1.82) is 0 Å². The van der Waals surface area contributed by atoms with Gasteiger partial charge < -0.3 is 15.1 Å². The van der Waals surface area contributed by atoms with Gasteiger partial charge in [0.15, 0.2) is 0 Å². The molecule has 6 nitrogen and oxygen atoms in total. The summed E-state index contributed by atoms with van der Waals surface area (Å²) in [5, 5.41) is 7.95. The third kappa shape index (κ3) is 5.21. The van der Waals surface area contributed by atoms with E-state index in [-0.39, 0.29) is 24.0 Å². The Kier molecular flexibility index (Phi) is 7.92. The van der Waals surface area contributed by atoms with Gasteiger partial charge in [-0.05, 0) is 65.1 Å². The Morgan fingerprint density at radius 2 is 2.04 bits per heavy atom. The molecule has 0 bridgehead atoms. The van der Waals surface area contributed by atoms with Crippen molar-refractivity contribution in [3.8, 4) is 0 Å². The van der Waals surface area contributed by atoms with Crippen molar-refractivity contribution in [2.24, 2.45) is 5.92 Å². The van der Waals surface area contributed by atoms with E-state index in [1.807, 2.05) is 13.2 Å². The largest absolute Gasteiger partial charge is 0.371 e. The molecule has 1 N–H and O–H groups in total. The Bertz CT molecular complexity index is 614. The zero-order valence-electron chi connectivity index (χ0n) is 16.4. The van der Waals surface area contributed by atoms with Crippen molar-refractivity contribution in [2.45, 2.75) is 51.6 Å². The van der Waals surface area contributed by atoms with Gasteiger partial charge in [-0.2, -0.15) is 5.10 Å². The lowest BCUT2D eigenvalue weighted by Gasteiger charge is -2.36. The molecule has 2 saturated heterocycles. The van der Waals surface area contributed by atoms with E-state index < -0.39 is 0 Å². The average Bonchev–Trinajstić information content (AvgIpc) is 2.62. The van der Waals surface area contributed by atoms with E-state index in [4.69, 9.17) is 0 Å². The van der Waals surface area contributed by atoms with Crippen molar-refractivity contribution >= 4 is 18.1 Å². The minimum absolute atomic E-state index is 0. The Morgan fingerprint density at radius 1 is 1.31 bits per heavy atom. The molecule has 0 aromatic carbocycles. The Balaban J connectivity index is 0.00000243. The molecule has 148 valence electrons. The van der Waals surface area contributed by atoms with E-state index in [0.29, 0.717) is 6.04 Å². The van der Waals surface area contributed by atoms with Crippen molar-refractivity contribution in [2.75, 3.05) is 44.7 Å². The fourth-order valence-corrected chi connectivity index (χ4v) is 4.00. The van der Waals surface area contributed by atoms with Gasteiger partial charge in [-0.1, -0.05) is 0 Å². The Hall–Kier alpha value is -1.11. The number of aromatic nitrogens is 2. The Labute approximate surface area is 163 Å². The van der Waals surface area contributed by atoms with Crippen LogP contribution in [0, 0.1) is 5.92 Å². The summed E-state index contributed by atoms with van der Waals surface area (Å²) in [4.78, 5) is 17.2. The van der Waals surface area contributed by atoms with Crippen LogP contribution in [0.4, 0.5) is 5.69 Å². The minimum atomic E-state index is 0. The first-order valence-electron chi connectivity index (χ1n) is 9.79. The first kappa shape index (κ1) is 21.2. The van der Waals surface area contributed by atoms with Crippen LogP contribution in [0.3, 0.4) is 0 Å². The van der Waals surface area contributed by atoms with Crippen LogP contribution >= 0.6 is 12.4 Å². The van der Waals surface area contributed by atoms with Crippen molar-refractivity contribution < 1.29 is 0 Å². The van der Waals surface area contributed by atoms with Gasteiger partial charge in [-0.25, -0.2) is 4.68 Å². The summed E-state index contributed by atoms with van der Waals surface area (Å²) in [6.07, 6.45) is 6.59. The van der Waals surface area contributed by atoms with Gasteiger partial charge >= 0.3 is 0 Å². The molecule has 0 saturated carbocycles. The van der Waals surface area contributed by atoms with E-state index >= 15 is 0 Å². The predicted octanol–water partition coefficient (Wildman–Crippen LogP) is 2.15. The number of piperidine rings is 2. The molecule has 2 aliphatic heterocycles. The quantitative estimate of drug-likeness (QED) is 0.844. The number of hydrogen-bond acceptors (Lipinski definition) is 5. The van der Waals surface area contributed by atoms with E-state index in [1.54, 1.807) is 10.7 Å². The normalized spacial score (nSPS) is 22.2. The highest BCUT2D eigenvalue weighted by Crippen LogP contribution is 2.23. The lowest BCUT2D eigenvalue weighted by molar-refractivity contribution is 0.135. The number of nitrogens with zero attached hydrogens (tertiary/aromatic N) is 4. The third-order valence-corrected chi connectivity index (χ3v) is 5.80.